The highest BCUT2D eigenvalue weighted by atomic mass is 35.5. The summed E-state index contributed by atoms with van der Waals surface area (Å²) < 4.78 is 2.76. The lowest BCUT2D eigenvalue weighted by molar-refractivity contribution is 0.781. The lowest BCUT2D eigenvalue weighted by Gasteiger charge is -2.14. The number of hydrogen-bond donors (Lipinski definition) is 1. The average molecular weight is 267 g/mol. The summed E-state index contributed by atoms with van der Waals surface area (Å²) in [6.07, 6.45) is 1.97. The van der Waals surface area contributed by atoms with E-state index in [1.807, 2.05) is 31.3 Å². The first-order valence-corrected chi connectivity index (χ1v) is 6.36. The number of imidazole rings is 1. The van der Waals surface area contributed by atoms with Crippen molar-refractivity contribution in [1.29, 1.82) is 0 Å². The Morgan fingerprint density at radius 1 is 1.35 bits per heavy atom. The van der Waals surface area contributed by atoms with Crippen molar-refractivity contribution >= 4 is 23.8 Å². The van der Waals surface area contributed by atoms with E-state index >= 15 is 0 Å². The first kappa shape index (κ1) is 12.4. The maximum absolute atomic E-state index is 6.16. The van der Waals surface area contributed by atoms with Crippen LogP contribution in [-0.2, 0) is 0 Å². The summed E-state index contributed by atoms with van der Waals surface area (Å²) in [7, 11) is 0. The van der Waals surface area contributed by atoms with Crippen molar-refractivity contribution in [3.05, 3.63) is 45.4 Å². The Bertz CT molecular complexity index is 596. The standard InChI is InChI=1S/C13H15ClN2S/c1-8(2)12-7-15-13(17)16(12)11-6-4-5-10(14)9(11)3/h4-8H,1-3H3,(H,15,17). The highest BCUT2D eigenvalue weighted by Gasteiger charge is 2.12. The quantitative estimate of drug-likeness (QED) is 0.787. The third-order valence-electron chi connectivity index (χ3n) is 2.88. The molecule has 0 aliphatic heterocycles. The maximum atomic E-state index is 6.16. The molecule has 90 valence electrons. The molecule has 0 bridgehead atoms. The molecule has 0 fully saturated rings. The van der Waals surface area contributed by atoms with Crippen molar-refractivity contribution in [2.75, 3.05) is 0 Å². The van der Waals surface area contributed by atoms with Gasteiger partial charge in [0.05, 0.1) is 5.69 Å². The van der Waals surface area contributed by atoms with Crippen LogP contribution in [0, 0.1) is 11.7 Å². The fourth-order valence-electron chi connectivity index (χ4n) is 1.89. The van der Waals surface area contributed by atoms with Crippen molar-refractivity contribution < 1.29 is 0 Å². The molecule has 0 radical (unpaired) electrons. The minimum atomic E-state index is 0.404. The second kappa shape index (κ2) is 4.67. The Labute approximate surface area is 111 Å². The van der Waals surface area contributed by atoms with Crippen LogP contribution in [-0.4, -0.2) is 9.55 Å². The van der Waals surface area contributed by atoms with Gasteiger partial charge in [-0.15, -0.1) is 0 Å². The number of benzene rings is 1. The van der Waals surface area contributed by atoms with Crippen molar-refractivity contribution in [3.63, 3.8) is 0 Å². The van der Waals surface area contributed by atoms with E-state index in [2.05, 4.69) is 23.4 Å². The number of aromatic amines is 1. The molecular weight excluding hydrogens is 252 g/mol. The number of rotatable bonds is 2. The molecule has 0 saturated carbocycles. The molecule has 1 aromatic carbocycles. The van der Waals surface area contributed by atoms with E-state index < -0.39 is 0 Å². The van der Waals surface area contributed by atoms with Crippen LogP contribution in [0.5, 0.6) is 0 Å². The molecule has 1 heterocycles. The van der Waals surface area contributed by atoms with E-state index in [1.54, 1.807) is 0 Å². The Balaban J connectivity index is 2.72. The zero-order valence-electron chi connectivity index (χ0n) is 10.1. The van der Waals surface area contributed by atoms with Gasteiger partial charge in [-0.2, -0.15) is 0 Å². The molecule has 2 aromatic rings. The zero-order valence-corrected chi connectivity index (χ0v) is 11.7. The van der Waals surface area contributed by atoms with Gasteiger partial charge >= 0.3 is 0 Å². The van der Waals surface area contributed by atoms with Crippen molar-refractivity contribution in [2.45, 2.75) is 26.7 Å². The van der Waals surface area contributed by atoms with Gasteiger partial charge in [-0.3, -0.25) is 4.57 Å². The molecule has 4 heteroatoms. The minimum Gasteiger partial charge on any atom is -0.337 e. The first-order valence-electron chi connectivity index (χ1n) is 5.58. The fraction of sp³-hybridized carbons (Fsp3) is 0.308. The first-order chi connectivity index (χ1) is 8.02. The molecule has 0 unspecified atom stereocenters. The molecule has 17 heavy (non-hydrogen) atoms. The van der Waals surface area contributed by atoms with Gasteiger partial charge in [-0.05, 0) is 42.8 Å². The molecule has 0 aliphatic rings. The van der Waals surface area contributed by atoms with E-state index in [9.17, 15) is 0 Å². The van der Waals surface area contributed by atoms with Crippen LogP contribution in [0.15, 0.2) is 24.4 Å². The predicted octanol–water partition coefficient (Wildman–Crippen LogP) is 4.62. The summed E-state index contributed by atoms with van der Waals surface area (Å²) in [5.41, 5.74) is 3.26. The Hall–Kier alpha value is -1.06. The van der Waals surface area contributed by atoms with Gasteiger partial charge in [-0.1, -0.05) is 31.5 Å². The topological polar surface area (TPSA) is 20.7 Å². The maximum Gasteiger partial charge on any atom is 0.182 e. The molecule has 2 nitrogen and oxygen atoms in total. The highest BCUT2D eigenvalue weighted by Crippen LogP contribution is 2.26. The summed E-state index contributed by atoms with van der Waals surface area (Å²) in [6, 6.07) is 5.88. The van der Waals surface area contributed by atoms with Crippen LogP contribution in [0.25, 0.3) is 5.69 Å². The molecule has 0 amide bonds. The van der Waals surface area contributed by atoms with Gasteiger partial charge in [-0.25, -0.2) is 0 Å². The van der Waals surface area contributed by atoms with Crippen LogP contribution in [0.3, 0.4) is 0 Å². The largest absolute Gasteiger partial charge is 0.337 e. The van der Waals surface area contributed by atoms with Crippen LogP contribution in [0.2, 0.25) is 5.02 Å². The average Bonchev–Trinajstić information content (AvgIpc) is 2.65. The van der Waals surface area contributed by atoms with Gasteiger partial charge in [0, 0.05) is 16.9 Å². The third kappa shape index (κ3) is 2.17. The zero-order chi connectivity index (χ0) is 12.6. The fourth-order valence-corrected chi connectivity index (χ4v) is 2.33. The Kier molecular flexibility index (Phi) is 3.40. The molecule has 2 rings (SSSR count). The summed E-state index contributed by atoms with van der Waals surface area (Å²) >= 11 is 11.5. The number of hydrogen-bond acceptors (Lipinski definition) is 1. The second-order valence-corrected chi connectivity index (χ2v) is 5.19. The molecule has 0 spiro atoms. The van der Waals surface area contributed by atoms with Gasteiger partial charge < -0.3 is 4.98 Å². The normalized spacial score (nSPS) is 11.1. The van der Waals surface area contributed by atoms with Gasteiger partial charge in [0.15, 0.2) is 4.77 Å². The number of nitrogens with one attached hydrogen (secondary N) is 1. The Morgan fingerprint density at radius 2 is 2.06 bits per heavy atom. The molecule has 0 atom stereocenters. The predicted molar refractivity (Wildman–Crippen MR) is 74.8 cm³/mol. The highest BCUT2D eigenvalue weighted by molar-refractivity contribution is 7.71. The van der Waals surface area contributed by atoms with Crippen molar-refractivity contribution in [3.8, 4) is 5.69 Å². The lowest BCUT2D eigenvalue weighted by Crippen LogP contribution is -2.03. The summed E-state index contributed by atoms with van der Waals surface area (Å²) in [5.74, 6) is 0.404. The van der Waals surface area contributed by atoms with Crippen molar-refractivity contribution in [2.24, 2.45) is 0 Å². The molecule has 1 aromatic heterocycles. The molecule has 0 aliphatic carbocycles. The van der Waals surface area contributed by atoms with Gasteiger partial charge in [0.1, 0.15) is 0 Å². The number of halogens is 1. The smallest absolute Gasteiger partial charge is 0.182 e. The number of aromatic nitrogens is 2. The Morgan fingerprint density at radius 3 is 2.71 bits per heavy atom. The molecule has 0 saturated heterocycles. The van der Waals surface area contributed by atoms with Crippen LogP contribution >= 0.6 is 23.8 Å². The van der Waals surface area contributed by atoms with E-state index in [0.29, 0.717) is 10.7 Å². The number of nitrogens with zero attached hydrogens (tertiary/aromatic N) is 1. The van der Waals surface area contributed by atoms with Gasteiger partial charge in [0.2, 0.25) is 0 Å². The third-order valence-corrected chi connectivity index (χ3v) is 3.59. The van der Waals surface area contributed by atoms with Gasteiger partial charge in [0.25, 0.3) is 0 Å². The summed E-state index contributed by atoms with van der Waals surface area (Å²) in [6.45, 7) is 6.30. The van der Waals surface area contributed by atoms with E-state index in [-0.39, 0.29) is 0 Å². The van der Waals surface area contributed by atoms with E-state index in [1.165, 1.54) is 5.69 Å². The monoisotopic (exact) mass is 266 g/mol. The van der Waals surface area contributed by atoms with Crippen molar-refractivity contribution in [1.82, 2.24) is 9.55 Å². The lowest BCUT2D eigenvalue weighted by atomic mass is 10.1. The number of H-pyrrole nitrogens is 1. The minimum absolute atomic E-state index is 0.404. The van der Waals surface area contributed by atoms with E-state index in [0.717, 1.165) is 16.3 Å². The van der Waals surface area contributed by atoms with Crippen LogP contribution in [0.1, 0.15) is 31.0 Å². The summed E-state index contributed by atoms with van der Waals surface area (Å²) in [4.78, 5) is 3.10. The van der Waals surface area contributed by atoms with Crippen LogP contribution in [0.4, 0.5) is 0 Å². The van der Waals surface area contributed by atoms with Crippen LogP contribution < -0.4 is 0 Å². The molecule has 1 N–H and O–H groups in total. The SMILES string of the molecule is Cc1c(Cl)cccc1-n1c(C(C)C)c[nH]c1=S. The molecular formula is C13H15ClN2S. The second-order valence-electron chi connectivity index (χ2n) is 4.39. The summed E-state index contributed by atoms with van der Waals surface area (Å²) in [5, 5.41) is 0.764. The van der Waals surface area contributed by atoms with E-state index in [4.69, 9.17) is 23.8 Å².